The van der Waals surface area contributed by atoms with E-state index in [9.17, 15) is 0 Å². The fourth-order valence-corrected chi connectivity index (χ4v) is 2.43. The van der Waals surface area contributed by atoms with Crippen molar-refractivity contribution in [3.05, 3.63) is 53.6 Å². The van der Waals surface area contributed by atoms with Gasteiger partial charge in [0.15, 0.2) is 0 Å². The third-order valence-corrected chi connectivity index (χ3v) is 3.37. The first-order valence-electron chi connectivity index (χ1n) is 6.33. The molecule has 2 aromatic carbocycles. The van der Waals surface area contributed by atoms with Gasteiger partial charge >= 0.3 is 0 Å². The summed E-state index contributed by atoms with van der Waals surface area (Å²) in [6, 6.07) is 14.3. The van der Waals surface area contributed by atoms with Gasteiger partial charge in [0.2, 0.25) is 0 Å². The van der Waals surface area contributed by atoms with E-state index in [1.165, 1.54) is 11.1 Å². The summed E-state index contributed by atoms with van der Waals surface area (Å²) in [7, 11) is 0. The van der Waals surface area contributed by atoms with Gasteiger partial charge in [-0.3, -0.25) is 0 Å². The molecular weight excluding hydrogens is 224 g/mol. The molecule has 1 aliphatic heterocycles. The second-order valence-corrected chi connectivity index (χ2v) is 4.49. The van der Waals surface area contributed by atoms with E-state index in [1.807, 2.05) is 31.2 Å². The van der Waals surface area contributed by atoms with Gasteiger partial charge in [-0.15, -0.1) is 0 Å². The molecule has 0 fully saturated rings. The minimum absolute atomic E-state index is 0.362. The van der Waals surface area contributed by atoms with Crippen LogP contribution >= 0.6 is 0 Å². The molecule has 0 aliphatic carbocycles. The summed E-state index contributed by atoms with van der Waals surface area (Å²) in [5, 5.41) is 0. The smallest absolute Gasteiger partial charge is 0.134 e. The SMILES string of the molecule is CCOc1ccc2c(c1)Oc1ccccc1C2C. The van der Waals surface area contributed by atoms with Gasteiger partial charge in [-0.05, 0) is 19.1 Å². The van der Waals surface area contributed by atoms with Crippen LogP contribution < -0.4 is 9.47 Å². The monoisotopic (exact) mass is 240 g/mol. The van der Waals surface area contributed by atoms with Crippen molar-refractivity contribution >= 4 is 0 Å². The molecule has 3 rings (SSSR count). The molecule has 0 amide bonds. The van der Waals surface area contributed by atoms with E-state index in [1.54, 1.807) is 0 Å². The molecule has 2 nitrogen and oxygen atoms in total. The van der Waals surface area contributed by atoms with Crippen LogP contribution in [0.25, 0.3) is 0 Å². The molecule has 0 saturated carbocycles. The van der Waals surface area contributed by atoms with Crippen LogP contribution in [0.3, 0.4) is 0 Å². The molecule has 2 aromatic rings. The largest absolute Gasteiger partial charge is 0.494 e. The van der Waals surface area contributed by atoms with E-state index in [0.717, 1.165) is 17.2 Å². The standard InChI is InChI=1S/C16H16O2/c1-3-17-12-8-9-14-11(2)13-6-4-5-7-15(13)18-16(14)10-12/h4-11H,3H2,1-2H3. The Balaban J connectivity index is 2.05. The van der Waals surface area contributed by atoms with Crippen LogP contribution in [0.1, 0.15) is 30.9 Å². The number of rotatable bonds is 2. The summed E-state index contributed by atoms with van der Waals surface area (Å²) in [5.74, 6) is 3.08. The first kappa shape index (κ1) is 11.1. The number of hydrogen-bond acceptors (Lipinski definition) is 2. The normalized spacial score (nSPS) is 16.4. The van der Waals surface area contributed by atoms with Crippen molar-refractivity contribution in [1.29, 1.82) is 0 Å². The lowest BCUT2D eigenvalue weighted by Gasteiger charge is -2.26. The number of ether oxygens (including phenoxy) is 2. The number of benzene rings is 2. The fourth-order valence-electron chi connectivity index (χ4n) is 2.43. The maximum absolute atomic E-state index is 5.95. The number of para-hydroxylation sites is 1. The Kier molecular flexibility index (Phi) is 2.71. The number of fused-ring (bicyclic) bond motifs is 2. The zero-order valence-corrected chi connectivity index (χ0v) is 10.6. The van der Waals surface area contributed by atoms with E-state index >= 15 is 0 Å². The predicted octanol–water partition coefficient (Wildman–Crippen LogP) is 4.34. The highest BCUT2D eigenvalue weighted by atomic mass is 16.5. The lowest BCUT2D eigenvalue weighted by atomic mass is 9.90. The average Bonchev–Trinajstić information content (AvgIpc) is 2.39. The Labute approximate surface area is 107 Å². The van der Waals surface area contributed by atoms with Crippen LogP contribution in [0, 0.1) is 0 Å². The molecule has 2 heteroatoms. The van der Waals surface area contributed by atoms with E-state index in [0.29, 0.717) is 12.5 Å². The summed E-state index contributed by atoms with van der Waals surface area (Å²) >= 11 is 0. The van der Waals surface area contributed by atoms with Crippen molar-refractivity contribution in [3.63, 3.8) is 0 Å². The van der Waals surface area contributed by atoms with Crippen molar-refractivity contribution in [2.24, 2.45) is 0 Å². The summed E-state index contributed by atoms with van der Waals surface area (Å²) in [5.41, 5.74) is 2.46. The minimum atomic E-state index is 0.362. The molecule has 18 heavy (non-hydrogen) atoms. The second-order valence-electron chi connectivity index (χ2n) is 4.49. The van der Waals surface area contributed by atoms with E-state index in [-0.39, 0.29) is 0 Å². The highest BCUT2D eigenvalue weighted by Crippen LogP contribution is 2.44. The Morgan fingerprint density at radius 2 is 1.83 bits per heavy atom. The van der Waals surface area contributed by atoms with Crippen LogP contribution in [0.15, 0.2) is 42.5 Å². The quantitative estimate of drug-likeness (QED) is 0.777. The highest BCUT2D eigenvalue weighted by molar-refractivity contribution is 5.54. The van der Waals surface area contributed by atoms with Crippen LogP contribution in [0.5, 0.6) is 17.2 Å². The van der Waals surface area contributed by atoms with Crippen LogP contribution in [0.2, 0.25) is 0 Å². The van der Waals surface area contributed by atoms with E-state index in [4.69, 9.17) is 9.47 Å². The molecule has 92 valence electrons. The summed E-state index contributed by atoms with van der Waals surface area (Å²) in [6.07, 6.45) is 0. The van der Waals surface area contributed by atoms with Gasteiger partial charge in [-0.2, -0.15) is 0 Å². The first-order chi connectivity index (χ1) is 8.79. The van der Waals surface area contributed by atoms with Gasteiger partial charge in [0.25, 0.3) is 0 Å². The lowest BCUT2D eigenvalue weighted by molar-refractivity contribution is 0.337. The Morgan fingerprint density at radius 1 is 1.06 bits per heavy atom. The van der Waals surface area contributed by atoms with Gasteiger partial charge in [0.1, 0.15) is 17.2 Å². The molecule has 0 bridgehead atoms. The molecule has 0 radical (unpaired) electrons. The van der Waals surface area contributed by atoms with Crippen molar-refractivity contribution in [1.82, 2.24) is 0 Å². The van der Waals surface area contributed by atoms with Crippen LogP contribution in [0.4, 0.5) is 0 Å². The lowest BCUT2D eigenvalue weighted by Crippen LogP contribution is -2.07. The van der Waals surface area contributed by atoms with Gasteiger partial charge < -0.3 is 9.47 Å². The fraction of sp³-hybridized carbons (Fsp3) is 0.250. The predicted molar refractivity (Wildman–Crippen MR) is 71.6 cm³/mol. The molecule has 1 unspecified atom stereocenters. The summed E-state index contributed by atoms with van der Waals surface area (Å²) in [4.78, 5) is 0. The van der Waals surface area contributed by atoms with E-state index in [2.05, 4.69) is 25.1 Å². The topological polar surface area (TPSA) is 18.5 Å². The zero-order valence-electron chi connectivity index (χ0n) is 10.6. The van der Waals surface area contributed by atoms with Crippen LogP contribution in [-0.4, -0.2) is 6.61 Å². The molecule has 0 N–H and O–H groups in total. The average molecular weight is 240 g/mol. The van der Waals surface area contributed by atoms with Crippen molar-refractivity contribution < 1.29 is 9.47 Å². The highest BCUT2D eigenvalue weighted by Gasteiger charge is 2.23. The van der Waals surface area contributed by atoms with Crippen molar-refractivity contribution in [3.8, 4) is 17.2 Å². The first-order valence-corrected chi connectivity index (χ1v) is 6.33. The van der Waals surface area contributed by atoms with Gasteiger partial charge in [-0.25, -0.2) is 0 Å². The van der Waals surface area contributed by atoms with E-state index < -0.39 is 0 Å². The maximum atomic E-state index is 5.95. The third kappa shape index (κ3) is 1.74. The molecular formula is C16H16O2. The van der Waals surface area contributed by atoms with Crippen molar-refractivity contribution in [2.45, 2.75) is 19.8 Å². The van der Waals surface area contributed by atoms with Crippen molar-refractivity contribution in [2.75, 3.05) is 6.61 Å². The zero-order chi connectivity index (χ0) is 12.5. The van der Waals surface area contributed by atoms with Gasteiger partial charge in [0.05, 0.1) is 6.61 Å². The second kappa shape index (κ2) is 4.37. The molecule has 0 spiro atoms. The summed E-state index contributed by atoms with van der Waals surface area (Å²) < 4.78 is 11.5. The number of hydrogen-bond donors (Lipinski definition) is 0. The Bertz CT molecular complexity index is 575. The third-order valence-electron chi connectivity index (χ3n) is 3.37. The Morgan fingerprint density at radius 3 is 2.67 bits per heavy atom. The Hall–Kier alpha value is -1.96. The maximum Gasteiger partial charge on any atom is 0.134 e. The van der Waals surface area contributed by atoms with Crippen LogP contribution in [-0.2, 0) is 0 Å². The minimum Gasteiger partial charge on any atom is -0.494 e. The molecule has 1 atom stereocenters. The molecule has 0 aromatic heterocycles. The molecule has 1 aliphatic rings. The van der Waals surface area contributed by atoms with Gasteiger partial charge in [-0.1, -0.05) is 31.2 Å². The molecule has 1 heterocycles. The molecule has 0 saturated heterocycles. The van der Waals surface area contributed by atoms with Gasteiger partial charge in [0, 0.05) is 23.1 Å². The summed E-state index contributed by atoms with van der Waals surface area (Å²) in [6.45, 7) is 4.86.